The molecule has 13 heavy (non-hydrogen) atoms. The molecule has 0 spiro atoms. The van der Waals surface area contributed by atoms with E-state index in [9.17, 15) is 4.79 Å². The summed E-state index contributed by atoms with van der Waals surface area (Å²) in [6.45, 7) is 6.93. The Labute approximate surface area is 77.7 Å². The third-order valence-electron chi connectivity index (χ3n) is 2.02. The fourth-order valence-corrected chi connectivity index (χ4v) is 1.26. The van der Waals surface area contributed by atoms with Crippen molar-refractivity contribution in [3.63, 3.8) is 0 Å². The number of hydrogen-bond acceptors (Lipinski definition) is 2. The highest BCUT2D eigenvalue weighted by Crippen LogP contribution is 1.96. The second-order valence-electron chi connectivity index (χ2n) is 3.54. The number of aryl methyl sites for hydroxylation is 1. The van der Waals surface area contributed by atoms with Gasteiger partial charge in [-0.3, -0.25) is 9.89 Å². The Bertz CT molecular complexity index is 311. The standard InChI is InChI=1S/C9H17N3O/c1-6(2)10-5-4-8-7(3)11-12-9(8)13/h6,10H,4-5H2,1-3H3,(H2,11,12,13). The summed E-state index contributed by atoms with van der Waals surface area (Å²) in [7, 11) is 0. The lowest BCUT2D eigenvalue weighted by Crippen LogP contribution is -2.26. The van der Waals surface area contributed by atoms with Gasteiger partial charge in [0.2, 0.25) is 0 Å². The van der Waals surface area contributed by atoms with Gasteiger partial charge in [0, 0.05) is 17.3 Å². The predicted octanol–water partition coefficient (Wildman–Crippen LogP) is 0.552. The van der Waals surface area contributed by atoms with Crippen molar-refractivity contribution in [2.24, 2.45) is 0 Å². The van der Waals surface area contributed by atoms with Gasteiger partial charge in [0.1, 0.15) is 0 Å². The summed E-state index contributed by atoms with van der Waals surface area (Å²) in [6.07, 6.45) is 0.781. The summed E-state index contributed by atoms with van der Waals surface area (Å²) in [5, 5.41) is 8.65. The monoisotopic (exact) mass is 183 g/mol. The molecule has 0 atom stereocenters. The Morgan fingerprint density at radius 3 is 2.54 bits per heavy atom. The molecule has 0 amide bonds. The van der Waals surface area contributed by atoms with E-state index in [-0.39, 0.29) is 5.56 Å². The molecule has 4 heteroatoms. The fourth-order valence-electron chi connectivity index (χ4n) is 1.26. The molecule has 0 fully saturated rings. The van der Waals surface area contributed by atoms with Gasteiger partial charge in [-0.1, -0.05) is 13.8 Å². The first-order valence-corrected chi connectivity index (χ1v) is 4.60. The molecule has 4 nitrogen and oxygen atoms in total. The Morgan fingerprint density at radius 1 is 1.38 bits per heavy atom. The first kappa shape index (κ1) is 10.1. The number of H-pyrrole nitrogens is 2. The fraction of sp³-hybridized carbons (Fsp3) is 0.667. The molecule has 74 valence electrons. The van der Waals surface area contributed by atoms with Gasteiger partial charge in [0.15, 0.2) is 0 Å². The SMILES string of the molecule is Cc1[nH][nH]c(=O)c1CCNC(C)C. The minimum Gasteiger partial charge on any atom is -0.314 e. The minimum atomic E-state index is 0.00283. The summed E-state index contributed by atoms with van der Waals surface area (Å²) in [6, 6.07) is 0.471. The normalized spacial score (nSPS) is 11.1. The molecule has 1 aromatic heterocycles. The number of aromatic nitrogens is 2. The van der Waals surface area contributed by atoms with Gasteiger partial charge < -0.3 is 10.4 Å². The van der Waals surface area contributed by atoms with E-state index in [0.29, 0.717) is 6.04 Å². The van der Waals surface area contributed by atoms with Crippen molar-refractivity contribution in [1.82, 2.24) is 15.5 Å². The lowest BCUT2D eigenvalue weighted by Gasteiger charge is -2.06. The van der Waals surface area contributed by atoms with Gasteiger partial charge in [-0.05, 0) is 19.9 Å². The molecule has 0 aromatic carbocycles. The van der Waals surface area contributed by atoms with Crippen molar-refractivity contribution in [2.45, 2.75) is 33.2 Å². The first-order chi connectivity index (χ1) is 6.11. The average Bonchev–Trinajstić information content (AvgIpc) is 2.34. The van der Waals surface area contributed by atoms with Crippen LogP contribution in [-0.2, 0) is 6.42 Å². The zero-order valence-electron chi connectivity index (χ0n) is 8.40. The first-order valence-electron chi connectivity index (χ1n) is 4.60. The van der Waals surface area contributed by atoms with E-state index < -0.39 is 0 Å². The Balaban J connectivity index is 2.50. The minimum absolute atomic E-state index is 0.00283. The van der Waals surface area contributed by atoms with Gasteiger partial charge in [-0.25, -0.2) is 0 Å². The van der Waals surface area contributed by atoms with Crippen LogP contribution in [0, 0.1) is 6.92 Å². The number of rotatable bonds is 4. The second-order valence-corrected chi connectivity index (χ2v) is 3.54. The van der Waals surface area contributed by atoms with E-state index in [1.165, 1.54) is 0 Å². The highest BCUT2D eigenvalue weighted by atomic mass is 16.1. The number of hydrogen-bond donors (Lipinski definition) is 3. The van der Waals surface area contributed by atoms with Crippen LogP contribution in [-0.4, -0.2) is 22.8 Å². The van der Waals surface area contributed by atoms with Crippen molar-refractivity contribution in [1.29, 1.82) is 0 Å². The molecule has 1 heterocycles. The van der Waals surface area contributed by atoms with Crippen molar-refractivity contribution in [3.8, 4) is 0 Å². The van der Waals surface area contributed by atoms with E-state index in [1.807, 2.05) is 6.92 Å². The predicted molar refractivity (Wildman–Crippen MR) is 53.0 cm³/mol. The second kappa shape index (κ2) is 4.28. The maximum absolute atomic E-state index is 11.2. The summed E-state index contributed by atoms with van der Waals surface area (Å²) in [5.41, 5.74) is 1.80. The van der Waals surface area contributed by atoms with Gasteiger partial charge in [0.05, 0.1) is 0 Å². The van der Waals surface area contributed by atoms with Crippen LogP contribution in [0.5, 0.6) is 0 Å². The summed E-state index contributed by atoms with van der Waals surface area (Å²) in [4.78, 5) is 11.2. The lowest BCUT2D eigenvalue weighted by molar-refractivity contribution is 0.589. The largest absolute Gasteiger partial charge is 0.314 e. The smallest absolute Gasteiger partial charge is 0.267 e. The third-order valence-corrected chi connectivity index (χ3v) is 2.02. The van der Waals surface area contributed by atoms with Crippen LogP contribution in [0.25, 0.3) is 0 Å². The molecule has 0 unspecified atom stereocenters. The molecule has 0 saturated heterocycles. The van der Waals surface area contributed by atoms with Crippen LogP contribution in [0.15, 0.2) is 4.79 Å². The van der Waals surface area contributed by atoms with Crippen LogP contribution in [0.2, 0.25) is 0 Å². The van der Waals surface area contributed by atoms with Crippen LogP contribution < -0.4 is 10.9 Å². The third kappa shape index (κ3) is 2.73. The molecule has 0 saturated carbocycles. The molecule has 0 bridgehead atoms. The average molecular weight is 183 g/mol. The lowest BCUT2D eigenvalue weighted by atomic mass is 10.2. The summed E-state index contributed by atoms with van der Waals surface area (Å²) < 4.78 is 0. The molecular weight excluding hydrogens is 166 g/mol. The Morgan fingerprint density at radius 2 is 2.08 bits per heavy atom. The van der Waals surface area contributed by atoms with Crippen molar-refractivity contribution in [3.05, 3.63) is 21.6 Å². The number of nitrogens with one attached hydrogen (secondary N) is 3. The Kier molecular flexibility index (Phi) is 3.31. The van der Waals surface area contributed by atoms with Crippen LogP contribution in [0.1, 0.15) is 25.1 Å². The quantitative estimate of drug-likeness (QED) is 0.638. The van der Waals surface area contributed by atoms with Gasteiger partial charge in [-0.2, -0.15) is 0 Å². The molecule has 1 aromatic rings. The van der Waals surface area contributed by atoms with E-state index in [4.69, 9.17) is 0 Å². The molecule has 3 N–H and O–H groups in total. The van der Waals surface area contributed by atoms with Crippen molar-refractivity contribution >= 4 is 0 Å². The highest BCUT2D eigenvalue weighted by Gasteiger charge is 2.04. The van der Waals surface area contributed by atoms with E-state index >= 15 is 0 Å². The molecule has 0 radical (unpaired) electrons. The number of aromatic amines is 2. The van der Waals surface area contributed by atoms with E-state index in [0.717, 1.165) is 24.2 Å². The van der Waals surface area contributed by atoms with E-state index in [1.54, 1.807) is 0 Å². The maximum Gasteiger partial charge on any atom is 0.267 e. The highest BCUT2D eigenvalue weighted by molar-refractivity contribution is 5.14. The van der Waals surface area contributed by atoms with Crippen molar-refractivity contribution < 1.29 is 0 Å². The van der Waals surface area contributed by atoms with Crippen LogP contribution >= 0.6 is 0 Å². The van der Waals surface area contributed by atoms with Gasteiger partial charge in [-0.15, -0.1) is 0 Å². The molecular formula is C9H17N3O. The Hall–Kier alpha value is -1.03. The molecule has 1 rings (SSSR count). The van der Waals surface area contributed by atoms with Crippen LogP contribution in [0.4, 0.5) is 0 Å². The molecule has 0 aliphatic carbocycles. The summed E-state index contributed by atoms with van der Waals surface area (Å²) in [5.74, 6) is 0. The zero-order chi connectivity index (χ0) is 9.84. The van der Waals surface area contributed by atoms with Crippen LogP contribution in [0.3, 0.4) is 0 Å². The topological polar surface area (TPSA) is 60.7 Å². The zero-order valence-corrected chi connectivity index (χ0v) is 8.40. The molecule has 0 aliphatic heterocycles. The molecule has 0 aliphatic rings. The maximum atomic E-state index is 11.2. The van der Waals surface area contributed by atoms with Gasteiger partial charge in [0.25, 0.3) is 5.56 Å². The van der Waals surface area contributed by atoms with Crippen molar-refractivity contribution in [2.75, 3.05) is 6.54 Å². The van der Waals surface area contributed by atoms with E-state index in [2.05, 4.69) is 29.4 Å². The van der Waals surface area contributed by atoms with Gasteiger partial charge >= 0.3 is 0 Å². The summed E-state index contributed by atoms with van der Waals surface area (Å²) >= 11 is 0.